The molecule has 3 N–H and O–H groups in total. The van der Waals surface area contributed by atoms with Crippen molar-refractivity contribution in [2.45, 2.75) is 12.5 Å². The zero-order valence-corrected chi connectivity index (χ0v) is 12.1. The summed E-state index contributed by atoms with van der Waals surface area (Å²) < 4.78 is 4.91. The molecule has 0 spiro atoms. The molecular formula is C13H17NO5S. The molecule has 0 unspecified atom stereocenters. The number of carbonyl (C=O) groups is 2. The number of aromatic hydroxyl groups is 1. The maximum atomic E-state index is 12.0. The van der Waals surface area contributed by atoms with Gasteiger partial charge in [-0.05, 0) is 30.6 Å². The van der Waals surface area contributed by atoms with Gasteiger partial charge in [0.15, 0.2) is 0 Å². The van der Waals surface area contributed by atoms with Gasteiger partial charge in [0.05, 0.1) is 12.7 Å². The molecular weight excluding hydrogens is 282 g/mol. The van der Waals surface area contributed by atoms with E-state index in [1.807, 2.05) is 6.26 Å². The molecule has 0 heterocycles. The highest BCUT2D eigenvalue weighted by molar-refractivity contribution is 7.98. The fraction of sp³-hybridized carbons (Fsp3) is 0.385. The summed E-state index contributed by atoms with van der Waals surface area (Å²) in [5, 5.41) is 21.2. The topological polar surface area (TPSA) is 95.9 Å². The largest absolute Gasteiger partial charge is 0.507 e. The third kappa shape index (κ3) is 4.34. The van der Waals surface area contributed by atoms with Gasteiger partial charge in [0.2, 0.25) is 0 Å². The Morgan fingerprint density at radius 1 is 1.45 bits per heavy atom. The average Bonchev–Trinajstić information content (AvgIpc) is 2.42. The van der Waals surface area contributed by atoms with Crippen LogP contribution in [0.5, 0.6) is 11.5 Å². The lowest BCUT2D eigenvalue weighted by Crippen LogP contribution is -2.41. The van der Waals surface area contributed by atoms with Crippen molar-refractivity contribution < 1.29 is 24.5 Å². The van der Waals surface area contributed by atoms with Crippen molar-refractivity contribution in [2.24, 2.45) is 0 Å². The first-order valence-electron chi connectivity index (χ1n) is 5.89. The number of carboxylic acid groups (broad SMARTS) is 1. The summed E-state index contributed by atoms with van der Waals surface area (Å²) in [6, 6.07) is 3.23. The monoisotopic (exact) mass is 299 g/mol. The molecule has 110 valence electrons. The Morgan fingerprint density at radius 2 is 2.15 bits per heavy atom. The maximum Gasteiger partial charge on any atom is 0.326 e. The number of methoxy groups -OCH3 is 1. The van der Waals surface area contributed by atoms with Crippen molar-refractivity contribution in [1.82, 2.24) is 5.32 Å². The molecule has 1 amide bonds. The predicted octanol–water partition coefficient (Wildman–Crippen LogP) is 1.34. The fourth-order valence-electron chi connectivity index (χ4n) is 1.56. The van der Waals surface area contributed by atoms with Crippen LogP contribution in [0.3, 0.4) is 0 Å². The van der Waals surface area contributed by atoms with E-state index in [1.54, 1.807) is 0 Å². The lowest BCUT2D eigenvalue weighted by Gasteiger charge is -2.14. The molecule has 0 saturated carbocycles. The van der Waals surface area contributed by atoms with Crippen LogP contribution in [0, 0.1) is 0 Å². The molecule has 0 saturated heterocycles. The number of phenols is 1. The van der Waals surface area contributed by atoms with Crippen molar-refractivity contribution in [3.05, 3.63) is 23.8 Å². The highest BCUT2D eigenvalue weighted by Crippen LogP contribution is 2.23. The molecule has 7 heteroatoms. The van der Waals surface area contributed by atoms with E-state index in [0.717, 1.165) is 0 Å². The minimum Gasteiger partial charge on any atom is -0.507 e. The van der Waals surface area contributed by atoms with Gasteiger partial charge in [-0.1, -0.05) is 0 Å². The van der Waals surface area contributed by atoms with Crippen LogP contribution < -0.4 is 10.1 Å². The van der Waals surface area contributed by atoms with E-state index < -0.39 is 17.9 Å². The van der Waals surface area contributed by atoms with Crippen LogP contribution in [-0.4, -0.2) is 47.2 Å². The summed E-state index contributed by atoms with van der Waals surface area (Å²) in [5.41, 5.74) is 0.0150. The highest BCUT2D eigenvalue weighted by Gasteiger charge is 2.21. The lowest BCUT2D eigenvalue weighted by atomic mass is 10.1. The summed E-state index contributed by atoms with van der Waals surface area (Å²) in [4.78, 5) is 23.0. The number of rotatable bonds is 7. The van der Waals surface area contributed by atoms with Crippen molar-refractivity contribution in [1.29, 1.82) is 0 Å². The third-order valence-corrected chi connectivity index (χ3v) is 3.31. The Bertz CT molecular complexity index is 492. The normalized spacial score (nSPS) is 11.7. The Kier molecular flexibility index (Phi) is 6.17. The Hall–Kier alpha value is -1.89. The highest BCUT2D eigenvalue weighted by atomic mass is 32.2. The number of benzene rings is 1. The maximum absolute atomic E-state index is 12.0. The van der Waals surface area contributed by atoms with E-state index in [0.29, 0.717) is 17.9 Å². The van der Waals surface area contributed by atoms with Gasteiger partial charge < -0.3 is 20.3 Å². The number of carbonyl (C=O) groups excluding carboxylic acids is 1. The first-order chi connectivity index (χ1) is 9.49. The van der Waals surface area contributed by atoms with Crippen LogP contribution in [0.25, 0.3) is 0 Å². The molecule has 0 aliphatic heterocycles. The number of thioether (sulfide) groups is 1. The van der Waals surface area contributed by atoms with Gasteiger partial charge in [0.25, 0.3) is 5.91 Å². The summed E-state index contributed by atoms with van der Waals surface area (Å²) in [7, 11) is 1.44. The van der Waals surface area contributed by atoms with Gasteiger partial charge in [-0.2, -0.15) is 11.8 Å². The lowest BCUT2D eigenvalue weighted by molar-refractivity contribution is -0.139. The van der Waals surface area contributed by atoms with Crippen LogP contribution in [-0.2, 0) is 4.79 Å². The van der Waals surface area contributed by atoms with Crippen LogP contribution in [0.4, 0.5) is 0 Å². The van der Waals surface area contributed by atoms with E-state index in [4.69, 9.17) is 9.84 Å². The smallest absolute Gasteiger partial charge is 0.326 e. The number of hydrogen-bond acceptors (Lipinski definition) is 5. The second-order valence-corrected chi connectivity index (χ2v) is 5.01. The van der Waals surface area contributed by atoms with Gasteiger partial charge in [-0.15, -0.1) is 0 Å². The van der Waals surface area contributed by atoms with E-state index in [2.05, 4.69) is 5.32 Å². The minimum atomic E-state index is -1.10. The van der Waals surface area contributed by atoms with Gasteiger partial charge >= 0.3 is 5.97 Å². The molecule has 1 aromatic rings. The summed E-state index contributed by atoms with van der Waals surface area (Å²) >= 11 is 1.50. The van der Waals surface area contributed by atoms with Gasteiger partial charge in [0, 0.05) is 6.07 Å². The number of carboxylic acids is 1. The van der Waals surface area contributed by atoms with Crippen molar-refractivity contribution in [3.8, 4) is 11.5 Å². The second kappa shape index (κ2) is 7.64. The first kappa shape index (κ1) is 16.2. The number of hydrogen-bond donors (Lipinski definition) is 3. The Labute approximate surface area is 121 Å². The van der Waals surface area contributed by atoms with E-state index in [9.17, 15) is 14.7 Å². The molecule has 0 radical (unpaired) electrons. The molecule has 0 fully saturated rings. The van der Waals surface area contributed by atoms with Gasteiger partial charge in [-0.25, -0.2) is 4.79 Å². The minimum absolute atomic E-state index is 0.0150. The first-order valence-corrected chi connectivity index (χ1v) is 7.28. The standard InChI is InChI=1S/C13H17NO5S/c1-19-8-3-4-9(11(15)7-8)12(16)14-10(13(17)18)5-6-20-2/h3-4,7,10,15H,5-6H2,1-2H3,(H,14,16)(H,17,18)/t10-/m1/s1. The quantitative estimate of drug-likeness (QED) is 0.703. The number of aliphatic carboxylic acids is 1. The van der Waals surface area contributed by atoms with Crippen molar-refractivity contribution >= 4 is 23.6 Å². The fourth-order valence-corrected chi connectivity index (χ4v) is 2.03. The SMILES string of the molecule is COc1ccc(C(=O)N[C@H](CCSC)C(=O)O)c(O)c1. The second-order valence-electron chi connectivity index (χ2n) is 4.03. The number of nitrogens with one attached hydrogen (secondary N) is 1. The summed E-state index contributed by atoms with van der Waals surface area (Å²) in [5.74, 6) is -0.947. The molecule has 1 aromatic carbocycles. The molecule has 0 bridgehead atoms. The molecule has 0 aliphatic rings. The van der Waals surface area contributed by atoms with Crippen molar-refractivity contribution in [2.75, 3.05) is 19.1 Å². The zero-order valence-electron chi connectivity index (χ0n) is 11.3. The van der Waals surface area contributed by atoms with E-state index in [1.165, 1.54) is 37.1 Å². The van der Waals surface area contributed by atoms with E-state index in [-0.39, 0.29) is 11.3 Å². The Morgan fingerprint density at radius 3 is 2.65 bits per heavy atom. The molecule has 1 rings (SSSR count). The van der Waals surface area contributed by atoms with Crippen LogP contribution in [0.15, 0.2) is 18.2 Å². The molecule has 20 heavy (non-hydrogen) atoms. The van der Waals surface area contributed by atoms with Crippen LogP contribution >= 0.6 is 11.8 Å². The van der Waals surface area contributed by atoms with Crippen LogP contribution in [0.1, 0.15) is 16.8 Å². The van der Waals surface area contributed by atoms with Gasteiger partial charge in [0.1, 0.15) is 17.5 Å². The number of ether oxygens (including phenoxy) is 1. The van der Waals surface area contributed by atoms with E-state index >= 15 is 0 Å². The molecule has 1 atom stereocenters. The molecule has 0 aromatic heterocycles. The number of amides is 1. The van der Waals surface area contributed by atoms with Crippen LogP contribution in [0.2, 0.25) is 0 Å². The molecule has 0 aliphatic carbocycles. The number of phenolic OH excluding ortho intramolecular Hbond substituents is 1. The zero-order chi connectivity index (χ0) is 15.1. The Balaban J connectivity index is 2.80. The van der Waals surface area contributed by atoms with Gasteiger partial charge in [-0.3, -0.25) is 4.79 Å². The predicted molar refractivity (Wildman–Crippen MR) is 76.5 cm³/mol. The third-order valence-electron chi connectivity index (χ3n) is 2.66. The van der Waals surface area contributed by atoms with Crippen molar-refractivity contribution in [3.63, 3.8) is 0 Å². The average molecular weight is 299 g/mol. The molecule has 6 nitrogen and oxygen atoms in total. The summed E-state index contributed by atoms with van der Waals surface area (Å²) in [6.45, 7) is 0. The summed E-state index contributed by atoms with van der Waals surface area (Å²) in [6.07, 6.45) is 2.18.